The predicted octanol–water partition coefficient (Wildman–Crippen LogP) is 6.47. The van der Waals surface area contributed by atoms with Crippen molar-refractivity contribution in [3.63, 3.8) is 0 Å². The maximum Gasteiger partial charge on any atom is 0.298 e. The summed E-state index contributed by atoms with van der Waals surface area (Å²) in [4.78, 5) is 26.8. The van der Waals surface area contributed by atoms with Gasteiger partial charge in [0.15, 0.2) is 0 Å². The fraction of sp³-hybridized carbons (Fsp3) is 0.0833. The lowest BCUT2D eigenvalue weighted by Gasteiger charge is -2.12. The van der Waals surface area contributed by atoms with Crippen LogP contribution < -0.4 is 9.64 Å². The number of thioether (sulfide) groups is 1. The summed E-state index contributed by atoms with van der Waals surface area (Å²) >= 11 is 7.09. The molecular formula is C24H18ClNO3S. The summed E-state index contributed by atoms with van der Waals surface area (Å²) in [5.41, 5.74) is 3.30. The van der Waals surface area contributed by atoms with E-state index in [9.17, 15) is 9.59 Å². The van der Waals surface area contributed by atoms with Gasteiger partial charge < -0.3 is 4.74 Å². The third-order valence-electron chi connectivity index (χ3n) is 4.58. The number of ether oxygens (including phenoxy) is 1. The van der Waals surface area contributed by atoms with E-state index in [1.165, 1.54) is 4.90 Å². The van der Waals surface area contributed by atoms with Crippen molar-refractivity contribution < 1.29 is 14.3 Å². The Balaban J connectivity index is 1.46. The van der Waals surface area contributed by atoms with E-state index in [1.54, 1.807) is 12.1 Å². The minimum Gasteiger partial charge on any atom is -0.489 e. The molecule has 2 amide bonds. The molecule has 1 fully saturated rings. The summed E-state index contributed by atoms with van der Waals surface area (Å²) in [6, 6.07) is 22.2. The quantitative estimate of drug-likeness (QED) is 0.431. The molecule has 4 nitrogen and oxygen atoms in total. The highest BCUT2D eigenvalue weighted by Crippen LogP contribution is 2.36. The molecule has 4 rings (SSSR count). The summed E-state index contributed by atoms with van der Waals surface area (Å²) in [5, 5.41) is 0.370. The molecule has 0 aromatic heterocycles. The Kier molecular flexibility index (Phi) is 5.93. The van der Waals surface area contributed by atoms with Crippen LogP contribution in [0.2, 0.25) is 5.02 Å². The summed E-state index contributed by atoms with van der Waals surface area (Å²) in [6.07, 6.45) is 1.72. The Bertz CT molecular complexity index is 1140. The van der Waals surface area contributed by atoms with Gasteiger partial charge in [-0.2, -0.15) is 0 Å². The van der Waals surface area contributed by atoms with Gasteiger partial charge in [-0.25, -0.2) is 4.90 Å². The molecule has 0 unspecified atom stereocenters. The number of carbonyl (C=O) groups excluding carboxylic acids is 2. The van der Waals surface area contributed by atoms with Crippen LogP contribution in [0.15, 0.2) is 77.7 Å². The average molecular weight is 436 g/mol. The van der Waals surface area contributed by atoms with E-state index in [0.717, 1.165) is 28.5 Å². The van der Waals surface area contributed by atoms with E-state index in [1.807, 2.05) is 73.7 Å². The molecule has 0 radical (unpaired) electrons. The van der Waals surface area contributed by atoms with Gasteiger partial charge in [-0.3, -0.25) is 9.59 Å². The monoisotopic (exact) mass is 435 g/mol. The molecule has 0 atom stereocenters. The van der Waals surface area contributed by atoms with Gasteiger partial charge in [-0.05, 0) is 66.2 Å². The van der Waals surface area contributed by atoms with Crippen LogP contribution in [0.5, 0.6) is 5.75 Å². The SMILES string of the molecule is Cc1cccc(N2C(=O)S/C(=C\c3ccc(OCc4ccccc4Cl)cc3)C2=O)c1. The number of nitrogens with zero attached hydrogens (tertiary/aromatic N) is 1. The standard InChI is InChI=1S/C24H18ClNO3S/c1-16-5-4-7-19(13-16)26-23(27)22(30-24(26)28)14-17-9-11-20(12-10-17)29-15-18-6-2-3-8-21(18)25/h2-14H,15H2,1H3/b22-14-. The number of rotatable bonds is 5. The summed E-state index contributed by atoms with van der Waals surface area (Å²) in [6.45, 7) is 2.29. The van der Waals surface area contributed by atoms with Gasteiger partial charge in [0, 0.05) is 10.6 Å². The second-order valence-electron chi connectivity index (χ2n) is 6.81. The fourth-order valence-corrected chi connectivity index (χ4v) is 4.08. The second-order valence-corrected chi connectivity index (χ2v) is 8.21. The molecule has 0 N–H and O–H groups in total. The Morgan fingerprint density at radius 1 is 1.00 bits per heavy atom. The van der Waals surface area contributed by atoms with Gasteiger partial charge in [-0.1, -0.05) is 54.1 Å². The number of imide groups is 1. The van der Waals surface area contributed by atoms with Crippen molar-refractivity contribution in [2.75, 3.05) is 4.90 Å². The van der Waals surface area contributed by atoms with Gasteiger partial charge in [-0.15, -0.1) is 0 Å². The third kappa shape index (κ3) is 4.42. The number of amides is 2. The molecule has 0 saturated carbocycles. The van der Waals surface area contributed by atoms with Crippen LogP contribution >= 0.6 is 23.4 Å². The number of carbonyl (C=O) groups is 2. The van der Waals surface area contributed by atoms with Gasteiger partial charge in [0.2, 0.25) is 0 Å². The third-order valence-corrected chi connectivity index (χ3v) is 5.82. The van der Waals surface area contributed by atoms with Gasteiger partial charge >= 0.3 is 0 Å². The predicted molar refractivity (Wildman–Crippen MR) is 122 cm³/mol. The number of hydrogen-bond donors (Lipinski definition) is 0. The number of aryl methyl sites for hydroxylation is 1. The van der Waals surface area contributed by atoms with E-state index in [4.69, 9.17) is 16.3 Å². The maximum atomic E-state index is 12.8. The molecular weight excluding hydrogens is 418 g/mol. The molecule has 1 aliphatic rings. The lowest BCUT2D eigenvalue weighted by Crippen LogP contribution is -2.27. The molecule has 30 heavy (non-hydrogen) atoms. The van der Waals surface area contributed by atoms with Crippen LogP contribution in [0.3, 0.4) is 0 Å². The number of benzene rings is 3. The Hall–Kier alpha value is -3.02. The summed E-state index contributed by atoms with van der Waals surface area (Å²) in [7, 11) is 0. The van der Waals surface area contributed by atoms with Crippen molar-refractivity contribution in [3.05, 3.63) is 99.4 Å². The number of halogens is 1. The maximum absolute atomic E-state index is 12.8. The lowest BCUT2D eigenvalue weighted by atomic mass is 10.2. The molecule has 3 aromatic rings. The van der Waals surface area contributed by atoms with Crippen molar-refractivity contribution in [2.24, 2.45) is 0 Å². The van der Waals surface area contributed by atoms with Crippen LogP contribution in [0.25, 0.3) is 6.08 Å². The van der Waals surface area contributed by atoms with Crippen LogP contribution in [0.1, 0.15) is 16.7 Å². The first kappa shape index (κ1) is 20.3. The number of hydrogen-bond acceptors (Lipinski definition) is 4. The fourth-order valence-electron chi connectivity index (χ4n) is 3.05. The van der Waals surface area contributed by atoms with Crippen molar-refractivity contribution in [1.82, 2.24) is 0 Å². The number of anilines is 1. The molecule has 0 bridgehead atoms. The van der Waals surface area contributed by atoms with Crippen LogP contribution in [0, 0.1) is 6.92 Å². The normalized spacial score (nSPS) is 15.1. The van der Waals surface area contributed by atoms with Crippen molar-refractivity contribution >= 4 is 46.3 Å². The van der Waals surface area contributed by atoms with E-state index in [-0.39, 0.29) is 11.1 Å². The lowest BCUT2D eigenvalue weighted by molar-refractivity contribution is -0.113. The van der Waals surface area contributed by atoms with Crippen LogP contribution in [-0.2, 0) is 11.4 Å². The van der Waals surface area contributed by atoms with E-state index < -0.39 is 0 Å². The molecule has 0 aliphatic carbocycles. The summed E-state index contributed by atoms with van der Waals surface area (Å²) in [5.74, 6) is 0.384. The first-order valence-electron chi connectivity index (χ1n) is 9.32. The van der Waals surface area contributed by atoms with Crippen molar-refractivity contribution in [2.45, 2.75) is 13.5 Å². The van der Waals surface area contributed by atoms with Gasteiger partial charge in [0.25, 0.3) is 11.1 Å². The Labute approximate surface area is 184 Å². The van der Waals surface area contributed by atoms with Gasteiger partial charge in [0.05, 0.1) is 10.6 Å². The molecule has 1 heterocycles. The zero-order chi connectivity index (χ0) is 21.1. The Morgan fingerprint density at radius 3 is 2.50 bits per heavy atom. The summed E-state index contributed by atoms with van der Waals surface area (Å²) < 4.78 is 5.78. The molecule has 1 saturated heterocycles. The zero-order valence-electron chi connectivity index (χ0n) is 16.2. The molecule has 150 valence electrons. The molecule has 1 aliphatic heterocycles. The zero-order valence-corrected chi connectivity index (χ0v) is 17.7. The smallest absolute Gasteiger partial charge is 0.298 e. The van der Waals surface area contributed by atoms with E-state index >= 15 is 0 Å². The Morgan fingerprint density at radius 2 is 1.77 bits per heavy atom. The van der Waals surface area contributed by atoms with Gasteiger partial charge in [0.1, 0.15) is 12.4 Å². The molecule has 0 spiro atoms. The first-order valence-corrected chi connectivity index (χ1v) is 10.5. The highest BCUT2D eigenvalue weighted by Gasteiger charge is 2.36. The minimum absolute atomic E-state index is 0.295. The van der Waals surface area contributed by atoms with Crippen molar-refractivity contribution in [3.8, 4) is 5.75 Å². The topological polar surface area (TPSA) is 46.6 Å². The largest absolute Gasteiger partial charge is 0.489 e. The highest BCUT2D eigenvalue weighted by molar-refractivity contribution is 8.19. The van der Waals surface area contributed by atoms with Crippen LogP contribution in [-0.4, -0.2) is 11.1 Å². The van der Waals surface area contributed by atoms with E-state index in [2.05, 4.69) is 0 Å². The average Bonchev–Trinajstić information content (AvgIpc) is 3.01. The van der Waals surface area contributed by atoms with Crippen molar-refractivity contribution in [1.29, 1.82) is 0 Å². The minimum atomic E-state index is -0.311. The molecule has 6 heteroatoms. The first-order chi connectivity index (χ1) is 14.5. The van der Waals surface area contributed by atoms with Crippen LogP contribution in [0.4, 0.5) is 10.5 Å². The second kappa shape index (κ2) is 8.78. The molecule has 3 aromatic carbocycles. The highest BCUT2D eigenvalue weighted by atomic mass is 35.5. The van der Waals surface area contributed by atoms with E-state index in [0.29, 0.717) is 28.0 Å².